The van der Waals surface area contributed by atoms with E-state index in [0.717, 1.165) is 5.70 Å². The zero-order valence-corrected chi connectivity index (χ0v) is 8.61. The molecule has 5 nitrogen and oxygen atoms in total. The van der Waals surface area contributed by atoms with Crippen LogP contribution in [0.1, 0.15) is 6.42 Å². The van der Waals surface area contributed by atoms with Crippen molar-refractivity contribution >= 4 is 0 Å². The zero-order valence-electron chi connectivity index (χ0n) is 8.61. The van der Waals surface area contributed by atoms with Gasteiger partial charge in [0.1, 0.15) is 5.72 Å². The minimum atomic E-state index is -1.06. The number of rotatable bonds is 6. The van der Waals surface area contributed by atoms with Crippen LogP contribution < -0.4 is 10.6 Å². The normalized spacial score (nSPS) is 25.1. The van der Waals surface area contributed by atoms with Gasteiger partial charge in [0.05, 0.1) is 13.2 Å². The lowest BCUT2D eigenvalue weighted by Crippen LogP contribution is -2.45. The van der Waals surface area contributed by atoms with E-state index in [0.29, 0.717) is 19.5 Å². The number of allylic oxidation sites excluding steroid dienone is 1. The van der Waals surface area contributed by atoms with Crippen LogP contribution in [0.2, 0.25) is 0 Å². The van der Waals surface area contributed by atoms with Gasteiger partial charge in [0, 0.05) is 25.2 Å². The second kappa shape index (κ2) is 5.87. The lowest BCUT2D eigenvalue weighted by molar-refractivity contribution is 0.0506. The first-order chi connectivity index (χ1) is 7.20. The maximum absolute atomic E-state index is 9.91. The SMILES string of the molecule is OCCNC1=CCC(O)(NCCO)C=C1. The minimum Gasteiger partial charge on any atom is -0.395 e. The summed E-state index contributed by atoms with van der Waals surface area (Å²) in [5, 5.41) is 33.0. The highest BCUT2D eigenvalue weighted by Gasteiger charge is 2.23. The van der Waals surface area contributed by atoms with Crippen LogP contribution in [0.5, 0.6) is 0 Å². The fourth-order valence-corrected chi connectivity index (χ4v) is 1.36. The van der Waals surface area contributed by atoms with Crippen molar-refractivity contribution in [1.82, 2.24) is 10.6 Å². The molecule has 0 aliphatic heterocycles. The van der Waals surface area contributed by atoms with Crippen LogP contribution in [0.3, 0.4) is 0 Å². The standard InChI is InChI=1S/C10H18N2O3/c13-7-5-11-9-1-3-10(15,4-2-9)12-6-8-14/h1-3,11-15H,4-8H2. The van der Waals surface area contributed by atoms with Crippen LogP contribution in [-0.4, -0.2) is 47.3 Å². The van der Waals surface area contributed by atoms with Crippen molar-refractivity contribution in [3.63, 3.8) is 0 Å². The third kappa shape index (κ3) is 4.01. The summed E-state index contributed by atoms with van der Waals surface area (Å²) in [4.78, 5) is 0. The highest BCUT2D eigenvalue weighted by molar-refractivity contribution is 5.25. The molecule has 1 unspecified atom stereocenters. The molecule has 0 saturated carbocycles. The molecule has 0 amide bonds. The molecule has 0 fully saturated rings. The first kappa shape index (κ1) is 12.2. The summed E-state index contributed by atoms with van der Waals surface area (Å²) < 4.78 is 0. The van der Waals surface area contributed by atoms with Crippen LogP contribution >= 0.6 is 0 Å². The van der Waals surface area contributed by atoms with Gasteiger partial charge in [0.25, 0.3) is 0 Å². The Morgan fingerprint density at radius 3 is 2.53 bits per heavy atom. The van der Waals surface area contributed by atoms with E-state index in [1.165, 1.54) is 0 Å². The lowest BCUT2D eigenvalue weighted by Gasteiger charge is -2.27. The third-order valence-corrected chi connectivity index (χ3v) is 2.16. The number of aliphatic hydroxyl groups is 3. The van der Waals surface area contributed by atoms with Gasteiger partial charge >= 0.3 is 0 Å². The summed E-state index contributed by atoms with van der Waals surface area (Å²) in [6.45, 7) is 0.931. The monoisotopic (exact) mass is 214 g/mol. The summed E-state index contributed by atoms with van der Waals surface area (Å²) in [5.41, 5.74) is -0.174. The molecule has 15 heavy (non-hydrogen) atoms. The molecule has 0 spiro atoms. The van der Waals surface area contributed by atoms with Crippen molar-refractivity contribution in [2.75, 3.05) is 26.3 Å². The average Bonchev–Trinajstić information content (AvgIpc) is 2.26. The number of aliphatic hydroxyl groups excluding tert-OH is 2. The van der Waals surface area contributed by atoms with E-state index in [1.807, 2.05) is 6.08 Å². The number of hydrogen-bond acceptors (Lipinski definition) is 5. The highest BCUT2D eigenvalue weighted by atomic mass is 16.3. The lowest BCUT2D eigenvalue weighted by atomic mass is 10.0. The quantitative estimate of drug-likeness (QED) is 0.354. The Morgan fingerprint density at radius 1 is 1.27 bits per heavy atom. The van der Waals surface area contributed by atoms with Crippen molar-refractivity contribution in [3.05, 3.63) is 23.9 Å². The maximum atomic E-state index is 9.91. The van der Waals surface area contributed by atoms with Crippen LogP contribution in [0.25, 0.3) is 0 Å². The van der Waals surface area contributed by atoms with Crippen molar-refractivity contribution in [3.8, 4) is 0 Å². The molecule has 0 aromatic heterocycles. The minimum absolute atomic E-state index is 0.00448. The van der Waals surface area contributed by atoms with Crippen LogP contribution in [0, 0.1) is 0 Å². The van der Waals surface area contributed by atoms with Gasteiger partial charge in [-0.15, -0.1) is 0 Å². The van der Waals surface area contributed by atoms with E-state index in [-0.39, 0.29) is 13.2 Å². The Kier molecular flexibility index (Phi) is 4.77. The summed E-state index contributed by atoms with van der Waals surface area (Å²) >= 11 is 0. The Labute approximate surface area is 89.1 Å². The molecule has 0 bridgehead atoms. The van der Waals surface area contributed by atoms with E-state index in [2.05, 4.69) is 10.6 Å². The molecule has 0 aromatic rings. The van der Waals surface area contributed by atoms with Gasteiger partial charge in [-0.05, 0) is 12.2 Å². The maximum Gasteiger partial charge on any atom is 0.139 e. The first-order valence-corrected chi connectivity index (χ1v) is 5.02. The van der Waals surface area contributed by atoms with Crippen LogP contribution in [0.15, 0.2) is 23.9 Å². The Balaban J connectivity index is 2.39. The van der Waals surface area contributed by atoms with Crippen LogP contribution in [-0.2, 0) is 0 Å². The van der Waals surface area contributed by atoms with Crippen LogP contribution in [0.4, 0.5) is 0 Å². The van der Waals surface area contributed by atoms with Crippen molar-refractivity contribution < 1.29 is 15.3 Å². The van der Waals surface area contributed by atoms with E-state index in [9.17, 15) is 5.11 Å². The summed E-state index contributed by atoms with van der Waals surface area (Å²) in [6.07, 6.45) is 5.68. The molecule has 0 saturated heterocycles. The summed E-state index contributed by atoms with van der Waals surface area (Å²) in [5.74, 6) is 0. The zero-order chi connectivity index (χ0) is 11.1. The van der Waals surface area contributed by atoms with Crippen molar-refractivity contribution in [2.24, 2.45) is 0 Å². The molecule has 0 radical (unpaired) electrons. The molecule has 1 aliphatic carbocycles. The van der Waals surface area contributed by atoms with Gasteiger partial charge in [-0.3, -0.25) is 5.32 Å². The first-order valence-electron chi connectivity index (χ1n) is 5.02. The highest BCUT2D eigenvalue weighted by Crippen LogP contribution is 2.16. The van der Waals surface area contributed by atoms with E-state index >= 15 is 0 Å². The molecule has 1 rings (SSSR count). The molecule has 0 heterocycles. The van der Waals surface area contributed by atoms with Gasteiger partial charge in [0.15, 0.2) is 0 Å². The number of nitrogens with one attached hydrogen (secondary N) is 2. The third-order valence-electron chi connectivity index (χ3n) is 2.16. The largest absolute Gasteiger partial charge is 0.395 e. The average molecular weight is 214 g/mol. The van der Waals surface area contributed by atoms with Crippen molar-refractivity contribution in [1.29, 1.82) is 0 Å². The van der Waals surface area contributed by atoms with E-state index in [4.69, 9.17) is 10.2 Å². The van der Waals surface area contributed by atoms with E-state index in [1.54, 1.807) is 12.2 Å². The van der Waals surface area contributed by atoms with Gasteiger partial charge in [-0.2, -0.15) is 0 Å². The molecular weight excluding hydrogens is 196 g/mol. The molecule has 5 N–H and O–H groups in total. The molecule has 0 aromatic carbocycles. The van der Waals surface area contributed by atoms with Gasteiger partial charge in [-0.25, -0.2) is 0 Å². The van der Waals surface area contributed by atoms with Gasteiger partial charge in [0.2, 0.25) is 0 Å². The summed E-state index contributed by atoms with van der Waals surface area (Å²) in [7, 11) is 0. The van der Waals surface area contributed by atoms with Gasteiger partial charge < -0.3 is 20.6 Å². The van der Waals surface area contributed by atoms with Gasteiger partial charge in [-0.1, -0.05) is 6.08 Å². The fraction of sp³-hybridized carbons (Fsp3) is 0.600. The fourth-order valence-electron chi connectivity index (χ4n) is 1.36. The molecule has 1 atom stereocenters. The second-order valence-electron chi connectivity index (χ2n) is 3.42. The number of hydrogen-bond donors (Lipinski definition) is 5. The molecule has 1 aliphatic rings. The Hall–Kier alpha value is -0.880. The molecule has 5 heteroatoms. The Morgan fingerprint density at radius 2 is 2.00 bits per heavy atom. The molecule has 86 valence electrons. The second-order valence-corrected chi connectivity index (χ2v) is 3.42. The topological polar surface area (TPSA) is 84.8 Å². The van der Waals surface area contributed by atoms with E-state index < -0.39 is 5.72 Å². The van der Waals surface area contributed by atoms with Crippen molar-refractivity contribution in [2.45, 2.75) is 12.1 Å². The predicted octanol–water partition coefficient (Wildman–Crippen LogP) is -1.32. The predicted molar refractivity (Wildman–Crippen MR) is 57.0 cm³/mol. The summed E-state index contributed by atoms with van der Waals surface area (Å²) in [6, 6.07) is 0. The molecular formula is C10H18N2O3. The Bertz CT molecular complexity index is 253. The smallest absolute Gasteiger partial charge is 0.139 e.